The largest absolute Gasteiger partial charge is 0.423 e. The van der Waals surface area contributed by atoms with Gasteiger partial charge in [-0.15, -0.1) is 0 Å². The Kier molecular flexibility index (Phi) is 7.83. The van der Waals surface area contributed by atoms with Crippen molar-refractivity contribution < 1.29 is 24.0 Å². The second-order valence-electron chi connectivity index (χ2n) is 6.85. The molecule has 0 aliphatic rings. The van der Waals surface area contributed by atoms with Crippen molar-refractivity contribution >= 4 is 51.3 Å². The lowest BCUT2D eigenvalue weighted by atomic mass is 10.2. The highest BCUT2D eigenvalue weighted by molar-refractivity contribution is 9.10. The van der Waals surface area contributed by atoms with Gasteiger partial charge in [-0.25, -0.2) is 10.2 Å². The molecular formula is C23H17BrN4O6. The molecule has 0 aliphatic carbocycles. The molecule has 3 aromatic rings. The van der Waals surface area contributed by atoms with Gasteiger partial charge in [-0.05, 0) is 54.4 Å². The normalized spacial score (nSPS) is 10.5. The van der Waals surface area contributed by atoms with Crippen molar-refractivity contribution in [2.75, 3.05) is 5.32 Å². The van der Waals surface area contributed by atoms with Crippen molar-refractivity contribution in [2.45, 2.75) is 6.92 Å². The zero-order chi connectivity index (χ0) is 24.7. The predicted octanol–water partition coefficient (Wildman–Crippen LogP) is 3.97. The maximum atomic E-state index is 12.4. The number of benzene rings is 3. The van der Waals surface area contributed by atoms with Crippen LogP contribution in [-0.2, 0) is 9.59 Å². The minimum absolute atomic E-state index is 0.113. The van der Waals surface area contributed by atoms with Crippen molar-refractivity contribution in [3.8, 4) is 5.75 Å². The molecule has 2 N–H and O–H groups in total. The number of nitro groups is 1. The number of amides is 2. The van der Waals surface area contributed by atoms with E-state index >= 15 is 0 Å². The van der Waals surface area contributed by atoms with Gasteiger partial charge in [0.05, 0.1) is 11.1 Å². The molecule has 10 nitrogen and oxygen atoms in total. The van der Waals surface area contributed by atoms with E-state index in [2.05, 4.69) is 31.8 Å². The summed E-state index contributed by atoms with van der Waals surface area (Å²) >= 11 is 3.32. The predicted molar refractivity (Wildman–Crippen MR) is 128 cm³/mol. The lowest BCUT2D eigenvalue weighted by molar-refractivity contribution is -0.385. The molecule has 11 heteroatoms. The van der Waals surface area contributed by atoms with Crippen LogP contribution in [0.5, 0.6) is 5.75 Å². The summed E-state index contributed by atoms with van der Waals surface area (Å²) in [5.41, 5.74) is 3.25. The van der Waals surface area contributed by atoms with Gasteiger partial charge in [0.15, 0.2) is 0 Å². The molecule has 0 saturated heterocycles. The molecule has 0 aromatic heterocycles. The van der Waals surface area contributed by atoms with E-state index in [1.54, 1.807) is 37.3 Å². The number of carbonyl (C=O) groups excluding carboxylic acids is 3. The third kappa shape index (κ3) is 6.33. The van der Waals surface area contributed by atoms with Crippen molar-refractivity contribution in [1.82, 2.24) is 5.43 Å². The summed E-state index contributed by atoms with van der Waals surface area (Å²) < 4.78 is 6.06. The van der Waals surface area contributed by atoms with Gasteiger partial charge in [-0.1, -0.05) is 40.2 Å². The molecule has 0 radical (unpaired) electrons. The first-order valence-corrected chi connectivity index (χ1v) is 10.5. The topological polar surface area (TPSA) is 140 Å². The Balaban J connectivity index is 1.61. The fourth-order valence-corrected chi connectivity index (χ4v) is 3.26. The monoisotopic (exact) mass is 524 g/mol. The van der Waals surface area contributed by atoms with Crippen LogP contribution in [0.2, 0.25) is 0 Å². The van der Waals surface area contributed by atoms with Gasteiger partial charge in [0, 0.05) is 16.2 Å². The van der Waals surface area contributed by atoms with Crippen LogP contribution in [0.25, 0.3) is 0 Å². The lowest BCUT2D eigenvalue weighted by Crippen LogP contribution is -2.32. The Morgan fingerprint density at radius 3 is 2.53 bits per heavy atom. The summed E-state index contributed by atoms with van der Waals surface area (Å²) in [5.74, 6) is -2.65. The Morgan fingerprint density at radius 2 is 1.79 bits per heavy atom. The molecular weight excluding hydrogens is 508 g/mol. The van der Waals surface area contributed by atoms with E-state index in [0.29, 0.717) is 11.3 Å². The number of esters is 1. The van der Waals surface area contributed by atoms with Crippen molar-refractivity contribution in [3.05, 3.63) is 98.0 Å². The van der Waals surface area contributed by atoms with Gasteiger partial charge in [-0.3, -0.25) is 19.7 Å². The highest BCUT2D eigenvalue weighted by Gasteiger charge is 2.21. The molecule has 0 bridgehead atoms. The summed E-state index contributed by atoms with van der Waals surface area (Å²) in [6.45, 7) is 1.78. The standard InChI is InChI=1S/C23H17BrN4O6/c1-14-11-16(24)9-10-19(14)26-21(29)22(30)27-25-13-15-5-4-6-17(12-15)34-23(31)18-7-2-3-8-20(18)28(32)33/h2-13H,1H3,(H,26,29)(H,27,30)/b25-13+. The average Bonchev–Trinajstić information content (AvgIpc) is 2.81. The van der Waals surface area contributed by atoms with Crippen molar-refractivity contribution in [1.29, 1.82) is 0 Å². The van der Waals surface area contributed by atoms with E-state index in [-0.39, 0.29) is 17.0 Å². The molecule has 0 fully saturated rings. The summed E-state index contributed by atoms with van der Waals surface area (Å²) in [7, 11) is 0. The third-order valence-electron chi connectivity index (χ3n) is 4.41. The summed E-state index contributed by atoms with van der Waals surface area (Å²) in [6, 6.07) is 16.7. The first-order valence-electron chi connectivity index (χ1n) is 9.71. The number of nitrogens with zero attached hydrogens (tertiary/aromatic N) is 2. The number of aryl methyl sites for hydroxylation is 1. The summed E-state index contributed by atoms with van der Waals surface area (Å²) in [4.78, 5) is 46.9. The number of halogens is 1. The SMILES string of the molecule is Cc1cc(Br)ccc1NC(=O)C(=O)N/N=C/c1cccc(OC(=O)c2ccccc2[N+](=O)[O-])c1. The van der Waals surface area contributed by atoms with Gasteiger partial charge >= 0.3 is 17.8 Å². The molecule has 0 aliphatic heterocycles. The number of carbonyl (C=O) groups is 3. The molecule has 172 valence electrons. The van der Waals surface area contributed by atoms with Crippen LogP contribution in [-0.4, -0.2) is 28.9 Å². The number of hydrogen-bond acceptors (Lipinski definition) is 7. The Morgan fingerprint density at radius 1 is 1.03 bits per heavy atom. The fraction of sp³-hybridized carbons (Fsp3) is 0.0435. The van der Waals surface area contributed by atoms with Crippen LogP contribution in [0.4, 0.5) is 11.4 Å². The zero-order valence-corrected chi connectivity index (χ0v) is 19.2. The minimum Gasteiger partial charge on any atom is -0.423 e. The molecule has 0 heterocycles. The van der Waals surface area contributed by atoms with Crippen LogP contribution in [0, 0.1) is 17.0 Å². The van der Waals surface area contributed by atoms with Crippen molar-refractivity contribution in [2.24, 2.45) is 5.10 Å². The van der Waals surface area contributed by atoms with Crippen LogP contribution >= 0.6 is 15.9 Å². The van der Waals surface area contributed by atoms with Gasteiger partial charge in [0.25, 0.3) is 5.69 Å². The smallest absolute Gasteiger partial charge is 0.350 e. The first-order chi connectivity index (χ1) is 16.2. The zero-order valence-electron chi connectivity index (χ0n) is 17.7. The molecule has 3 aromatic carbocycles. The number of ether oxygens (including phenoxy) is 1. The van der Waals surface area contributed by atoms with Gasteiger partial charge < -0.3 is 10.1 Å². The molecule has 0 atom stereocenters. The fourth-order valence-electron chi connectivity index (χ4n) is 2.79. The number of nitrogens with one attached hydrogen (secondary N) is 2. The second kappa shape index (κ2) is 11.0. The number of anilines is 1. The third-order valence-corrected chi connectivity index (χ3v) is 4.91. The summed E-state index contributed by atoms with van der Waals surface area (Å²) in [6.07, 6.45) is 1.25. The Bertz CT molecular complexity index is 1310. The van der Waals surface area contributed by atoms with Gasteiger partial charge in [-0.2, -0.15) is 5.10 Å². The van der Waals surface area contributed by atoms with E-state index in [4.69, 9.17) is 4.74 Å². The maximum Gasteiger partial charge on any atom is 0.350 e. The average molecular weight is 525 g/mol. The number of nitro benzene ring substituents is 1. The van der Waals surface area contributed by atoms with Crippen molar-refractivity contribution in [3.63, 3.8) is 0 Å². The van der Waals surface area contributed by atoms with Crippen LogP contribution in [0.1, 0.15) is 21.5 Å². The minimum atomic E-state index is -0.975. The van der Waals surface area contributed by atoms with Crippen LogP contribution in [0.15, 0.2) is 76.3 Å². The quantitative estimate of drug-likeness (QED) is 0.125. The number of hydrogen-bond donors (Lipinski definition) is 2. The molecule has 0 unspecified atom stereocenters. The van der Waals surface area contributed by atoms with Crippen LogP contribution in [0.3, 0.4) is 0 Å². The van der Waals surface area contributed by atoms with Crippen LogP contribution < -0.4 is 15.5 Å². The molecule has 0 spiro atoms. The first kappa shape index (κ1) is 24.3. The number of para-hydroxylation sites is 1. The number of rotatable bonds is 6. The van der Waals surface area contributed by atoms with E-state index in [1.807, 2.05) is 0 Å². The number of hydrazone groups is 1. The Hall–Kier alpha value is -4.38. The van der Waals surface area contributed by atoms with Gasteiger partial charge in [0.1, 0.15) is 11.3 Å². The maximum absolute atomic E-state index is 12.4. The van der Waals surface area contributed by atoms with E-state index in [0.717, 1.165) is 10.0 Å². The molecule has 34 heavy (non-hydrogen) atoms. The highest BCUT2D eigenvalue weighted by Crippen LogP contribution is 2.21. The molecule has 3 rings (SSSR count). The highest BCUT2D eigenvalue weighted by atomic mass is 79.9. The van der Waals surface area contributed by atoms with Gasteiger partial charge in [0.2, 0.25) is 0 Å². The van der Waals surface area contributed by atoms with E-state index in [1.165, 1.54) is 42.6 Å². The molecule has 0 saturated carbocycles. The second-order valence-corrected chi connectivity index (χ2v) is 7.76. The van der Waals surface area contributed by atoms with E-state index < -0.39 is 22.7 Å². The summed E-state index contributed by atoms with van der Waals surface area (Å²) in [5, 5.41) is 17.3. The van der Waals surface area contributed by atoms with E-state index in [9.17, 15) is 24.5 Å². The molecule has 2 amide bonds. The Labute approximate surface area is 201 Å². The lowest BCUT2D eigenvalue weighted by Gasteiger charge is -2.07.